The third-order valence-electron chi connectivity index (χ3n) is 2.40. The van der Waals surface area contributed by atoms with Crippen molar-refractivity contribution in [2.45, 2.75) is 19.1 Å². The van der Waals surface area contributed by atoms with Crippen LogP contribution in [0.1, 0.15) is 13.8 Å². The van der Waals surface area contributed by atoms with E-state index in [-0.39, 0.29) is 0 Å². The average Bonchev–Trinajstić information content (AvgIpc) is 2.15. The quantitative estimate of drug-likeness (QED) is 0.700. The molecule has 1 unspecified atom stereocenters. The van der Waals surface area contributed by atoms with Gasteiger partial charge in [0.1, 0.15) is 0 Å². The third-order valence-corrected chi connectivity index (χ3v) is 3.53. The highest BCUT2D eigenvalue weighted by molar-refractivity contribution is 7.99. The predicted octanol–water partition coefficient (Wildman–Crippen LogP) is 1.59. The van der Waals surface area contributed by atoms with Gasteiger partial charge in [-0.15, -0.1) is 0 Å². The van der Waals surface area contributed by atoms with Crippen LogP contribution >= 0.6 is 11.8 Å². The van der Waals surface area contributed by atoms with E-state index in [2.05, 4.69) is 42.4 Å². The van der Waals surface area contributed by atoms with E-state index in [0.717, 1.165) is 24.9 Å². The molecule has 1 N–H and O–H groups in total. The lowest BCUT2D eigenvalue weighted by molar-refractivity contribution is 0.308. The van der Waals surface area contributed by atoms with E-state index in [1.807, 2.05) is 0 Å². The standard InChI is InChI=1S/C11H22N2S/c1-4-12-7-10(2)8-13-5-6-14-11(3)9-13/h11-12H,2,4-9H2,1,3H3. The number of hydrogen-bond donors (Lipinski definition) is 1. The molecule has 0 bridgehead atoms. The van der Waals surface area contributed by atoms with Crippen LogP contribution in [0.5, 0.6) is 0 Å². The Balaban J connectivity index is 2.18. The van der Waals surface area contributed by atoms with Gasteiger partial charge in [0.15, 0.2) is 0 Å². The van der Waals surface area contributed by atoms with Crippen LogP contribution in [-0.2, 0) is 0 Å². The monoisotopic (exact) mass is 214 g/mol. The van der Waals surface area contributed by atoms with Crippen LogP contribution in [0.25, 0.3) is 0 Å². The van der Waals surface area contributed by atoms with E-state index in [1.54, 1.807) is 0 Å². The van der Waals surface area contributed by atoms with Crippen molar-refractivity contribution in [3.05, 3.63) is 12.2 Å². The van der Waals surface area contributed by atoms with Crippen LogP contribution in [-0.4, -0.2) is 48.6 Å². The van der Waals surface area contributed by atoms with Crippen LogP contribution < -0.4 is 5.32 Å². The summed E-state index contributed by atoms with van der Waals surface area (Å²) >= 11 is 2.08. The maximum absolute atomic E-state index is 4.10. The number of hydrogen-bond acceptors (Lipinski definition) is 3. The predicted molar refractivity (Wildman–Crippen MR) is 66.0 cm³/mol. The van der Waals surface area contributed by atoms with Crippen molar-refractivity contribution in [1.82, 2.24) is 10.2 Å². The van der Waals surface area contributed by atoms with E-state index in [1.165, 1.54) is 24.4 Å². The third kappa shape index (κ3) is 4.49. The first-order valence-electron chi connectivity index (χ1n) is 5.43. The molecule has 1 atom stereocenters. The normalized spacial score (nSPS) is 23.7. The fourth-order valence-electron chi connectivity index (χ4n) is 1.71. The van der Waals surface area contributed by atoms with E-state index in [0.29, 0.717) is 0 Å². The van der Waals surface area contributed by atoms with Gasteiger partial charge in [-0.05, 0) is 12.1 Å². The molecule has 3 heteroatoms. The lowest BCUT2D eigenvalue weighted by atomic mass is 10.2. The van der Waals surface area contributed by atoms with E-state index in [4.69, 9.17) is 0 Å². The molecule has 14 heavy (non-hydrogen) atoms. The molecule has 1 aliphatic heterocycles. The van der Waals surface area contributed by atoms with Gasteiger partial charge in [0, 0.05) is 37.2 Å². The summed E-state index contributed by atoms with van der Waals surface area (Å²) in [6, 6.07) is 0. The Bertz CT molecular complexity index is 182. The van der Waals surface area contributed by atoms with Crippen molar-refractivity contribution in [3.63, 3.8) is 0 Å². The number of rotatable bonds is 5. The number of nitrogens with zero attached hydrogens (tertiary/aromatic N) is 1. The molecule has 1 heterocycles. The Morgan fingerprint density at radius 2 is 2.43 bits per heavy atom. The summed E-state index contributed by atoms with van der Waals surface area (Å²) in [5, 5.41) is 4.11. The van der Waals surface area contributed by atoms with Crippen LogP contribution in [0.3, 0.4) is 0 Å². The summed E-state index contributed by atoms with van der Waals surface area (Å²) in [6.45, 7) is 14.0. The van der Waals surface area contributed by atoms with E-state index < -0.39 is 0 Å². The Labute approximate surface area is 92.1 Å². The summed E-state index contributed by atoms with van der Waals surface area (Å²) in [5.74, 6) is 1.27. The van der Waals surface area contributed by atoms with Crippen molar-refractivity contribution >= 4 is 11.8 Å². The topological polar surface area (TPSA) is 15.3 Å². The van der Waals surface area contributed by atoms with Crippen molar-refractivity contribution in [2.75, 3.05) is 38.5 Å². The Morgan fingerprint density at radius 3 is 3.07 bits per heavy atom. The first-order chi connectivity index (χ1) is 6.72. The first kappa shape index (κ1) is 12.1. The highest BCUT2D eigenvalue weighted by atomic mass is 32.2. The lowest BCUT2D eigenvalue weighted by Gasteiger charge is -2.31. The van der Waals surface area contributed by atoms with Gasteiger partial charge >= 0.3 is 0 Å². The van der Waals surface area contributed by atoms with Gasteiger partial charge in [0.2, 0.25) is 0 Å². The maximum Gasteiger partial charge on any atom is 0.0203 e. The summed E-state index contributed by atoms with van der Waals surface area (Å²) in [6.07, 6.45) is 0. The second-order valence-electron chi connectivity index (χ2n) is 3.95. The Hall–Kier alpha value is 0.0100. The zero-order valence-electron chi connectivity index (χ0n) is 9.38. The zero-order valence-corrected chi connectivity index (χ0v) is 10.2. The molecule has 1 fully saturated rings. The van der Waals surface area contributed by atoms with Crippen molar-refractivity contribution in [3.8, 4) is 0 Å². The molecule has 82 valence electrons. The molecule has 0 aromatic heterocycles. The molecule has 0 aliphatic carbocycles. The molecule has 0 aromatic carbocycles. The van der Waals surface area contributed by atoms with E-state index >= 15 is 0 Å². The molecule has 0 spiro atoms. The Morgan fingerprint density at radius 1 is 1.64 bits per heavy atom. The minimum Gasteiger partial charge on any atom is -0.313 e. The van der Waals surface area contributed by atoms with Crippen LogP contribution in [0.4, 0.5) is 0 Å². The van der Waals surface area contributed by atoms with Gasteiger partial charge in [-0.25, -0.2) is 0 Å². The second-order valence-corrected chi connectivity index (χ2v) is 5.49. The first-order valence-corrected chi connectivity index (χ1v) is 6.48. The smallest absolute Gasteiger partial charge is 0.0203 e. The van der Waals surface area contributed by atoms with Crippen LogP contribution in [0.2, 0.25) is 0 Å². The summed E-state index contributed by atoms with van der Waals surface area (Å²) < 4.78 is 0. The maximum atomic E-state index is 4.10. The number of nitrogens with one attached hydrogen (secondary N) is 1. The number of likely N-dealkylation sites (N-methyl/N-ethyl adjacent to an activating group) is 1. The van der Waals surface area contributed by atoms with E-state index in [9.17, 15) is 0 Å². The van der Waals surface area contributed by atoms with Crippen molar-refractivity contribution in [1.29, 1.82) is 0 Å². The zero-order chi connectivity index (χ0) is 10.4. The molecule has 0 radical (unpaired) electrons. The summed E-state index contributed by atoms with van der Waals surface area (Å²) in [7, 11) is 0. The molecule has 2 nitrogen and oxygen atoms in total. The van der Waals surface area contributed by atoms with Crippen LogP contribution in [0.15, 0.2) is 12.2 Å². The van der Waals surface area contributed by atoms with Gasteiger partial charge in [-0.1, -0.05) is 20.4 Å². The Kier molecular flexibility index (Phi) is 5.60. The van der Waals surface area contributed by atoms with Gasteiger partial charge < -0.3 is 5.32 Å². The molecule has 1 saturated heterocycles. The van der Waals surface area contributed by atoms with Gasteiger partial charge in [0.05, 0.1) is 0 Å². The van der Waals surface area contributed by atoms with Gasteiger partial charge in [-0.2, -0.15) is 11.8 Å². The largest absolute Gasteiger partial charge is 0.313 e. The lowest BCUT2D eigenvalue weighted by Crippen LogP contribution is -2.38. The minimum absolute atomic E-state index is 0.788. The molecule has 0 amide bonds. The molecule has 0 aromatic rings. The van der Waals surface area contributed by atoms with Crippen molar-refractivity contribution < 1.29 is 0 Å². The molecular formula is C11H22N2S. The second kappa shape index (κ2) is 6.49. The summed E-state index contributed by atoms with van der Waals surface area (Å²) in [5.41, 5.74) is 1.31. The SMILES string of the molecule is C=C(CNCC)CN1CCSC(C)C1. The molecule has 1 aliphatic rings. The van der Waals surface area contributed by atoms with Crippen LogP contribution in [0, 0.1) is 0 Å². The fourth-order valence-corrected chi connectivity index (χ4v) is 2.79. The van der Waals surface area contributed by atoms with Gasteiger partial charge in [0.25, 0.3) is 0 Å². The van der Waals surface area contributed by atoms with Gasteiger partial charge in [-0.3, -0.25) is 4.90 Å². The molecule has 1 rings (SSSR count). The molecular weight excluding hydrogens is 192 g/mol. The fraction of sp³-hybridized carbons (Fsp3) is 0.818. The summed E-state index contributed by atoms with van der Waals surface area (Å²) in [4.78, 5) is 2.51. The van der Waals surface area contributed by atoms with Crippen molar-refractivity contribution in [2.24, 2.45) is 0 Å². The average molecular weight is 214 g/mol. The highest BCUT2D eigenvalue weighted by Gasteiger charge is 2.16. The molecule has 0 saturated carbocycles. The minimum atomic E-state index is 0.788. The highest BCUT2D eigenvalue weighted by Crippen LogP contribution is 2.17. The number of thioether (sulfide) groups is 1.